The Morgan fingerprint density at radius 3 is 2.70 bits per heavy atom. The van der Waals surface area contributed by atoms with Crippen LogP contribution in [0.1, 0.15) is 17.3 Å². The van der Waals surface area contributed by atoms with Gasteiger partial charge in [-0.25, -0.2) is 0 Å². The van der Waals surface area contributed by atoms with Gasteiger partial charge in [-0.2, -0.15) is 0 Å². The lowest BCUT2D eigenvalue weighted by Crippen LogP contribution is -2.20. The van der Waals surface area contributed by atoms with Gasteiger partial charge < -0.3 is 10.1 Å². The molecular formula is C15H16Br2N2O. The number of nitrogens with zero attached hydrogens (tertiary/aromatic N) is 1. The van der Waals surface area contributed by atoms with Crippen molar-refractivity contribution in [1.29, 1.82) is 0 Å². The van der Waals surface area contributed by atoms with Crippen LogP contribution >= 0.6 is 31.9 Å². The monoisotopic (exact) mass is 398 g/mol. The fraction of sp³-hybridized carbons (Fsp3) is 0.267. The number of hydrogen-bond acceptors (Lipinski definition) is 3. The highest BCUT2D eigenvalue weighted by atomic mass is 79.9. The van der Waals surface area contributed by atoms with Gasteiger partial charge in [0.05, 0.1) is 18.8 Å². The number of likely N-dealkylation sites (N-methyl/N-ethyl adjacent to an activating group) is 1. The molecule has 2 rings (SSSR count). The number of hydrogen-bond donors (Lipinski definition) is 1. The maximum atomic E-state index is 5.41. The van der Waals surface area contributed by atoms with Gasteiger partial charge in [0.25, 0.3) is 0 Å². The summed E-state index contributed by atoms with van der Waals surface area (Å²) in [5.74, 6) is 0.904. The fourth-order valence-electron chi connectivity index (χ4n) is 2.11. The van der Waals surface area contributed by atoms with Gasteiger partial charge in [0, 0.05) is 15.1 Å². The first kappa shape index (κ1) is 15.5. The van der Waals surface area contributed by atoms with Gasteiger partial charge in [0.1, 0.15) is 5.75 Å². The number of ether oxygens (including phenoxy) is 1. The molecule has 0 amide bonds. The third-order valence-corrected chi connectivity index (χ3v) is 4.20. The quantitative estimate of drug-likeness (QED) is 0.821. The number of nitrogens with one attached hydrogen (secondary N) is 1. The van der Waals surface area contributed by atoms with Crippen molar-refractivity contribution in [2.75, 3.05) is 14.2 Å². The molecule has 20 heavy (non-hydrogen) atoms. The van der Waals surface area contributed by atoms with Crippen LogP contribution < -0.4 is 10.1 Å². The highest BCUT2D eigenvalue weighted by Gasteiger charge is 2.17. The molecule has 1 heterocycles. The molecule has 0 radical (unpaired) electrons. The Kier molecular flexibility index (Phi) is 5.57. The molecule has 0 fully saturated rings. The van der Waals surface area contributed by atoms with E-state index in [4.69, 9.17) is 4.74 Å². The second-order valence-corrected chi connectivity index (χ2v) is 6.15. The number of halogens is 2. The number of aromatic nitrogens is 1. The van der Waals surface area contributed by atoms with Crippen molar-refractivity contribution in [3.05, 3.63) is 56.7 Å². The van der Waals surface area contributed by atoms with Crippen LogP contribution in [-0.2, 0) is 6.42 Å². The summed E-state index contributed by atoms with van der Waals surface area (Å²) in [6, 6.07) is 10.2. The molecule has 5 heteroatoms. The van der Waals surface area contributed by atoms with E-state index >= 15 is 0 Å². The molecule has 0 aliphatic rings. The summed E-state index contributed by atoms with van der Waals surface area (Å²) in [4.78, 5) is 4.50. The van der Waals surface area contributed by atoms with E-state index in [0.717, 1.165) is 32.4 Å². The number of methoxy groups -OCH3 is 1. The molecule has 1 atom stereocenters. The largest absolute Gasteiger partial charge is 0.496 e. The average molecular weight is 400 g/mol. The topological polar surface area (TPSA) is 34.1 Å². The minimum Gasteiger partial charge on any atom is -0.496 e. The van der Waals surface area contributed by atoms with Crippen molar-refractivity contribution in [2.24, 2.45) is 0 Å². The van der Waals surface area contributed by atoms with Gasteiger partial charge in [-0.05, 0) is 63.0 Å². The summed E-state index contributed by atoms with van der Waals surface area (Å²) < 4.78 is 7.35. The van der Waals surface area contributed by atoms with E-state index in [1.807, 2.05) is 37.5 Å². The molecule has 0 bridgehead atoms. The fourth-order valence-corrected chi connectivity index (χ4v) is 3.37. The highest BCUT2D eigenvalue weighted by Crippen LogP contribution is 2.29. The van der Waals surface area contributed by atoms with Gasteiger partial charge in [-0.1, -0.05) is 18.2 Å². The third kappa shape index (κ3) is 3.59. The Hall–Kier alpha value is -0.910. The van der Waals surface area contributed by atoms with Crippen molar-refractivity contribution in [1.82, 2.24) is 10.3 Å². The van der Waals surface area contributed by atoms with E-state index in [-0.39, 0.29) is 6.04 Å². The normalized spacial score (nSPS) is 12.2. The van der Waals surface area contributed by atoms with E-state index in [1.165, 1.54) is 0 Å². The molecule has 1 N–H and O–H groups in total. The summed E-state index contributed by atoms with van der Waals surface area (Å²) in [7, 11) is 3.64. The van der Waals surface area contributed by atoms with E-state index in [2.05, 4.69) is 48.2 Å². The predicted molar refractivity (Wildman–Crippen MR) is 88.1 cm³/mol. The lowest BCUT2D eigenvalue weighted by Gasteiger charge is -2.18. The standard InChI is InChI=1S/C15H16Br2N2O/c1-18-13(15-12(17)8-11(16)9-19-15)7-10-5-3-4-6-14(10)20-2/h3-6,8-9,13,18H,7H2,1-2H3. The second kappa shape index (κ2) is 7.20. The summed E-state index contributed by atoms with van der Waals surface area (Å²) in [5.41, 5.74) is 2.15. The van der Waals surface area contributed by atoms with Crippen molar-refractivity contribution < 1.29 is 4.74 Å². The van der Waals surface area contributed by atoms with Crippen LogP contribution in [0.4, 0.5) is 0 Å². The van der Waals surface area contributed by atoms with Crippen LogP contribution in [0.3, 0.4) is 0 Å². The van der Waals surface area contributed by atoms with Gasteiger partial charge in [-0.3, -0.25) is 4.98 Å². The molecule has 0 aliphatic carbocycles. The maximum Gasteiger partial charge on any atom is 0.122 e. The smallest absolute Gasteiger partial charge is 0.122 e. The van der Waals surface area contributed by atoms with Crippen LogP contribution in [0, 0.1) is 0 Å². The molecule has 2 aromatic rings. The van der Waals surface area contributed by atoms with E-state index < -0.39 is 0 Å². The van der Waals surface area contributed by atoms with Crippen LogP contribution in [0.15, 0.2) is 45.5 Å². The molecule has 3 nitrogen and oxygen atoms in total. The average Bonchev–Trinajstić information content (AvgIpc) is 2.46. The first-order valence-corrected chi connectivity index (χ1v) is 7.84. The summed E-state index contributed by atoms with van der Waals surface area (Å²) in [6.07, 6.45) is 2.63. The zero-order valence-corrected chi connectivity index (χ0v) is 14.5. The minimum atomic E-state index is 0.119. The van der Waals surface area contributed by atoms with Crippen LogP contribution in [0.25, 0.3) is 0 Å². The number of para-hydroxylation sites is 1. The van der Waals surface area contributed by atoms with Crippen LogP contribution in [-0.4, -0.2) is 19.1 Å². The highest BCUT2D eigenvalue weighted by molar-refractivity contribution is 9.11. The number of benzene rings is 1. The van der Waals surface area contributed by atoms with Gasteiger partial charge in [0.2, 0.25) is 0 Å². The lowest BCUT2D eigenvalue weighted by atomic mass is 10.0. The first-order valence-electron chi connectivity index (χ1n) is 6.25. The Bertz CT molecular complexity index is 590. The predicted octanol–water partition coefficient (Wildman–Crippen LogP) is 4.12. The zero-order chi connectivity index (χ0) is 14.5. The molecule has 1 unspecified atom stereocenters. The van der Waals surface area contributed by atoms with Crippen molar-refractivity contribution in [3.8, 4) is 5.75 Å². The van der Waals surface area contributed by atoms with Crippen LogP contribution in [0.5, 0.6) is 5.75 Å². The molecule has 1 aromatic heterocycles. The van der Waals surface area contributed by atoms with Gasteiger partial charge in [0.15, 0.2) is 0 Å². The molecule has 0 saturated carbocycles. The molecule has 1 aromatic carbocycles. The molecule has 0 spiro atoms. The molecule has 106 valence electrons. The number of rotatable bonds is 5. The number of pyridine rings is 1. The Balaban J connectivity index is 2.29. The lowest BCUT2D eigenvalue weighted by molar-refractivity contribution is 0.406. The van der Waals surface area contributed by atoms with Crippen molar-refractivity contribution in [3.63, 3.8) is 0 Å². The summed E-state index contributed by atoms with van der Waals surface area (Å²) in [5, 5.41) is 3.32. The van der Waals surface area contributed by atoms with Crippen molar-refractivity contribution >= 4 is 31.9 Å². The third-order valence-electron chi connectivity index (χ3n) is 3.13. The van der Waals surface area contributed by atoms with E-state index in [9.17, 15) is 0 Å². The summed E-state index contributed by atoms with van der Waals surface area (Å²) >= 11 is 7.00. The Labute approximate surface area is 136 Å². The molecular weight excluding hydrogens is 384 g/mol. The summed E-state index contributed by atoms with van der Waals surface area (Å²) in [6.45, 7) is 0. The van der Waals surface area contributed by atoms with E-state index in [1.54, 1.807) is 7.11 Å². The first-order chi connectivity index (χ1) is 9.65. The Morgan fingerprint density at radius 1 is 1.30 bits per heavy atom. The van der Waals surface area contributed by atoms with E-state index in [0.29, 0.717) is 0 Å². The second-order valence-electron chi connectivity index (χ2n) is 4.38. The van der Waals surface area contributed by atoms with Gasteiger partial charge >= 0.3 is 0 Å². The maximum absolute atomic E-state index is 5.41. The molecule has 0 saturated heterocycles. The Morgan fingerprint density at radius 2 is 2.05 bits per heavy atom. The SMILES string of the molecule is CNC(Cc1ccccc1OC)c1ncc(Br)cc1Br. The van der Waals surface area contributed by atoms with Crippen molar-refractivity contribution in [2.45, 2.75) is 12.5 Å². The molecule has 0 aliphatic heterocycles. The minimum absolute atomic E-state index is 0.119. The van der Waals surface area contributed by atoms with Gasteiger partial charge in [-0.15, -0.1) is 0 Å². The zero-order valence-electron chi connectivity index (χ0n) is 11.4. The van der Waals surface area contributed by atoms with Crippen LogP contribution in [0.2, 0.25) is 0 Å².